The summed E-state index contributed by atoms with van der Waals surface area (Å²) >= 11 is 0. The van der Waals surface area contributed by atoms with Crippen molar-refractivity contribution in [2.45, 2.75) is 63.1 Å². The van der Waals surface area contributed by atoms with Crippen LogP contribution in [0.15, 0.2) is 54.6 Å². The molecule has 0 unspecified atom stereocenters. The Bertz CT molecular complexity index is 1080. The second kappa shape index (κ2) is 12.3. The molecule has 3 rings (SSSR count). The van der Waals surface area contributed by atoms with Crippen LogP contribution >= 0.6 is 0 Å². The van der Waals surface area contributed by atoms with Gasteiger partial charge >= 0.3 is 5.97 Å². The van der Waals surface area contributed by atoms with Gasteiger partial charge in [0.1, 0.15) is 12.2 Å². The van der Waals surface area contributed by atoms with Crippen molar-refractivity contribution in [2.75, 3.05) is 6.54 Å². The zero-order valence-electron chi connectivity index (χ0n) is 20.5. The van der Waals surface area contributed by atoms with Crippen LogP contribution in [0.4, 0.5) is 0 Å². The van der Waals surface area contributed by atoms with Crippen molar-refractivity contribution in [2.24, 2.45) is 0 Å². The lowest BCUT2D eigenvalue weighted by Gasteiger charge is -2.46. The highest BCUT2D eigenvalue weighted by atomic mass is 16.7. The smallest absolute Gasteiger partial charge is 0.364 e. The highest BCUT2D eigenvalue weighted by Crippen LogP contribution is 2.34. The molecular weight excluding hydrogens is 484 g/mol. The molecule has 1 fully saturated rings. The van der Waals surface area contributed by atoms with E-state index in [1.807, 2.05) is 6.92 Å². The number of amides is 2. The number of ether oxygens (including phenoxy) is 2. The molecule has 2 aromatic rings. The average molecular weight is 517 g/mol. The number of aliphatic hydroxyl groups excluding tert-OH is 3. The van der Waals surface area contributed by atoms with Crippen LogP contribution < -0.4 is 10.6 Å². The van der Waals surface area contributed by atoms with Gasteiger partial charge in [0, 0.05) is 25.5 Å². The van der Waals surface area contributed by atoms with Gasteiger partial charge in [-0.2, -0.15) is 0 Å². The van der Waals surface area contributed by atoms with E-state index in [0.29, 0.717) is 11.1 Å². The van der Waals surface area contributed by atoms with E-state index in [1.165, 1.54) is 6.92 Å². The first-order chi connectivity index (χ1) is 17.5. The summed E-state index contributed by atoms with van der Waals surface area (Å²) in [6.45, 7) is 2.45. The van der Waals surface area contributed by atoms with Gasteiger partial charge in [-0.1, -0.05) is 48.0 Å². The van der Waals surface area contributed by atoms with Crippen LogP contribution in [0.3, 0.4) is 0 Å². The molecule has 6 N–H and O–H groups in total. The van der Waals surface area contributed by atoms with E-state index in [1.54, 1.807) is 54.6 Å². The van der Waals surface area contributed by atoms with Gasteiger partial charge in [0.15, 0.2) is 0 Å². The lowest BCUT2D eigenvalue weighted by atomic mass is 9.88. The van der Waals surface area contributed by atoms with Gasteiger partial charge in [0.05, 0.1) is 24.9 Å². The van der Waals surface area contributed by atoms with Gasteiger partial charge in [0.2, 0.25) is 5.91 Å². The summed E-state index contributed by atoms with van der Waals surface area (Å²) in [6, 6.07) is 14.1. The van der Waals surface area contributed by atoms with Crippen molar-refractivity contribution in [3.05, 3.63) is 71.3 Å². The number of benzene rings is 2. The molecule has 11 nitrogen and oxygen atoms in total. The van der Waals surface area contributed by atoms with Crippen molar-refractivity contribution in [1.82, 2.24) is 10.6 Å². The molecular formula is C26H32N2O9. The van der Waals surface area contributed by atoms with Crippen LogP contribution in [0.25, 0.3) is 0 Å². The molecule has 0 aromatic heterocycles. The second-order valence-electron chi connectivity index (χ2n) is 9.05. The Morgan fingerprint density at radius 2 is 1.76 bits per heavy atom. The summed E-state index contributed by atoms with van der Waals surface area (Å²) in [4.78, 5) is 36.4. The molecule has 1 aliphatic rings. The first-order valence-corrected chi connectivity index (χ1v) is 11.8. The number of hydrogen-bond acceptors (Lipinski definition) is 8. The molecule has 0 radical (unpaired) electrons. The topological polar surface area (TPSA) is 175 Å². The third-order valence-electron chi connectivity index (χ3n) is 6.10. The van der Waals surface area contributed by atoms with E-state index >= 15 is 0 Å². The summed E-state index contributed by atoms with van der Waals surface area (Å²) in [7, 11) is 0. The predicted octanol–water partition coefficient (Wildman–Crippen LogP) is 0.0988. The molecule has 0 bridgehead atoms. The number of aliphatic hydroxyl groups is 3. The number of hydrogen-bond donors (Lipinski definition) is 6. The minimum Gasteiger partial charge on any atom is -0.477 e. The van der Waals surface area contributed by atoms with E-state index in [4.69, 9.17) is 9.47 Å². The fourth-order valence-electron chi connectivity index (χ4n) is 4.07. The highest BCUT2D eigenvalue weighted by molar-refractivity contribution is 5.94. The Hall–Kier alpha value is -3.35. The van der Waals surface area contributed by atoms with Gasteiger partial charge in [-0.05, 0) is 24.6 Å². The van der Waals surface area contributed by atoms with Crippen molar-refractivity contribution >= 4 is 17.8 Å². The molecule has 0 spiro atoms. The number of carboxylic acids is 1. The van der Waals surface area contributed by atoms with E-state index in [0.717, 1.165) is 5.56 Å². The standard InChI is InChI=1S/C26H32N2O9/c1-15-8-10-18(11-9-15)24(33)27-13-20(31)22(32)23-21(28-16(2)29)19(30)12-26(37-23,25(34)35)36-14-17-6-4-3-5-7-17/h3-11,19-23,30-32H,12-14H2,1-2H3,(H,27,33)(H,28,29)(H,34,35)/t19-,20+,21-,22-,23-,26+/m0/s1. The van der Waals surface area contributed by atoms with Gasteiger partial charge in [-0.15, -0.1) is 0 Å². The Labute approximate surface area is 214 Å². The average Bonchev–Trinajstić information content (AvgIpc) is 2.87. The number of rotatable bonds is 10. The second-order valence-corrected chi connectivity index (χ2v) is 9.05. The molecule has 0 aliphatic carbocycles. The number of carbonyl (C=O) groups is 3. The monoisotopic (exact) mass is 516 g/mol. The van der Waals surface area contributed by atoms with Crippen LogP contribution in [-0.4, -0.2) is 81.0 Å². The first kappa shape index (κ1) is 28.2. The van der Waals surface area contributed by atoms with Gasteiger partial charge in [-0.25, -0.2) is 4.79 Å². The molecule has 2 amide bonds. The summed E-state index contributed by atoms with van der Waals surface area (Å²) in [5, 5.41) is 47.3. The summed E-state index contributed by atoms with van der Waals surface area (Å²) in [5.41, 5.74) is 1.94. The molecule has 1 heterocycles. The zero-order valence-corrected chi connectivity index (χ0v) is 20.5. The Kier molecular flexibility index (Phi) is 9.35. The lowest BCUT2D eigenvalue weighted by molar-refractivity contribution is -0.314. The van der Waals surface area contributed by atoms with Crippen LogP contribution in [0.1, 0.15) is 34.8 Å². The Morgan fingerprint density at radius 3 is 2.35 bits per heavy atom. The third-order valence-corrected chi connectivity index (χ3v) is 6.10. The van der Waals surface area contributed by atoms with Crippen LogP contribution in [-0.2, 0) is 25.7 Å². The third kappa shape index (κ3) is 7.12. The minimum atomic E-state index is -2.37. The summed E-state index contributed by atoms with van der Waals surface area (Å²) in [6.07, 6.45) is -7.10. The number of nitrogens with one attached hydrogen (secondary N) is 2. The number of aryl methyl sites for hydroxylation is 1. The molecule has 11 heteroatoms. The minimum absolute atomic E-state index is 0.178. The van der Waals surface area contributed by atoms with E-state index in [2.05, 4.69) is 10.6 Å². The fourth-order valence-corrected chi connectivity index (χ4v) is 4.07. The maximum Gasteiger partial charge on any atom is 0.364 e. The van der Waals surface area contributed by atoms with Crippen LogP contribution in [0.2, 0.25) is 0 Å². The zero-order chi connectivity index (χ0) is 27.2. The molecule has 1 aliphatic heterocycles. The molecule has 0 saturated carbocycles. The lowest BCUT2D eigenvalue weighted by Crippen LogP contribution is -2.68. The molecule has 200 valence electrons. The van der Waals surface area contributed by atoms with Crippen molar-refractivity contribution < 1.29 is 44.3 Å². The van der Waals surface area contributed by atoms with Crippen molar-refractivity contribution in [1.29, 1.82) is 0 Å². The van der Waals surface area contributed by atoms with Gasteiger partial charge in [0.25, 0.3) is 11.7 Å². The molecule has 1 saturated heterocycles. The molecule has 37 heavy (non-hydrogen) atoms. The maximum atomic E-state index is 12.4. The Morgan fingerprint density at radius 1 is 1.11 bits per heavy atom. The fraction of sp³-hybridized carbons (Fsp3) is 0.423. The largest absolute Gasteiger partial charge is 0.477 e. The summed E-state index contributed by atoms with van der Waals surface area (Å²) < 4.78 is 11.3. The number of aliphatic carboxylic acids is 1. The highest BCUT2D eigenvalue weighted by Gasteiger charge is 2.55. The van der Waals surface area contributed by atoms with E-state index < -0.39 is 67.0 Å². The predicted molar refractivity (Wildman–Crippen MR) is 130 cm³/mol. The van der Waals surface area contributed by atoms with Crippen molar-refractivity contribution in [3.63, 3.8) is 0 Å². The van der Waals surface area contributed by atoms with Crippen molar-refractivity contribution in [3.8, 4) is 0 Å². The first-order valence-electron chi connectivity index (χ1n) is 11.8. The van der Waals surface area contributed by atoms with Crippen LogP contribution in [0, 0.1) is 6.92 Å². The van der Waals surface area contributed by atoms with Gasteiger partial charge < -0.3 is 40.5 Å². The maximum absolute atomic E-state index is 12.4. The van der Waals surface area contributed by atoms with Crippen LogP contribution in [0.5, 0.6) is 0 Å². The number of carboxylic acid groups (broad SMARTS) is 1. The Balaban J connectivity index is 1.77. The molecule has 2 aromatic carbocycles. The number of carbonyl (C=O) groups excluding carboxylic acids is 2. The van der Waals surface area contributed by atoms with E-state index in [-0.39, 0.29) is 6.61 Å². The van der Waals surface area contributed by atoms with E-state index in [9.17, 15) is 34.8 Å². The molecule has 6 atom stereocenters. The normalized spacial score (nSPS) is 25.1. The van der Waals surface area contributed by atoms with Gasteiger partial charge in [-0.3, -0.25) is 9.59 Å². The SMILES string of the molecule is CC(=O)N[C@@H]1[C@@H]([C@@H](O)[C@H](O)CNC(=O)c2ccc(C)cc2)O[C@@](OCc2ccccc2)(C(=O)O)C[C@@H]1O. The quantitative estimate of drug-likeness (QED) is 0.256. The summed E-state index contributed by atoms with van der Waals surface area (Å²) in [5.74, 6) is -5.00.